The van der Waals surface area contributed by atoms with Gasteiger partial charge in [0.05, 0.1) is 10.6 Å². The van der Waals surface area contributed by atoms with Crippen molar-refractivity contribution < 1.29 is 18.0 Å². The van der Waals surface area contributed by atoms with Crippen LogP contribution in [0.25, 0.3) is 0 Å². The summed E-state index contributed by atoms with van der Waals surface area (Å²) in [4.78, 5) is 30.0. The van der Waals surface area contributed by atoms with E-state index in [0.29, 0.717) is 22.7 Å². The van der Waals surface area contributed by atoms with Gasteiger partial charge in [-0.25, -0.2) is 8.42 Å². The monoisotopic (exact) mass is 645 g/mol. The van der Waals surface area contributed by atoms with Crippen molar-refractivity contribution in [3.63, 3.8) is 0 Å². The number of hydrogen-bond donors (Lipinski definition) is 1. The Kier molecular flexibility index (Phi) is 11.4. The van der Waals surface area contributed by atoms with Crippen molar-refractivity contribution in [1.82, 2.24) is 10.2 Å². The van der Waals surface area contributed by atoms with Gasteiger partial charge in [0.1, 0.15) is 12.6 Å². The zero-order chi connectivity index (χ0) is 32.6. The van der Waals surface area contributed by atoms with E-state index in [0.717, 1.165) is 21.0 Å². The van der Waals surface area contributed by atoms with Gasteiger partial charge < -0.3 is 10.2 Å². The molecule has 0 unspecified atom stereocenters. The molecule has 236 valence electrons. The van der Waals surface area contributed by atoms with Crippen molar-refractivity contribution in [2.24, 2.45) is 0 Å². The number of carbonyl (C=O) groups is 2. The molecule has 7 nitrogen and oxygen atoms in total. The number of nitrogens with zero attached hydrogens (tertiary/aromatic N) is 2. The predicted octanol–water partition coefficient (Wildman–Crippen LogP) is 6.71. The Hall–Kier alpha value is -4.14. The Morgan fingerprint density at radius 2 is 1.47 bits per heavy atom. The smallest absolute Gasteiger partial charge is 0.264 e. The highest BCUT2D eigenvalue weighted by atomic mass is 35.5. The van der Waals surface area contributed by atoms with Gasteiger partial charge in [0, 0.05) is 24.0 Å². The molecule has 0 aromatic heterocycles. The average Bonchev–Trinajstić information content (AvgIpc) is 3.03. The van der Waals surface area contributed by atoms with Gasteiger partial charge in [0.2, 0.25) is 11.8 Å². The highest BCUT2D eigenvalue weighted by molar-refractivity contribution is 7.92. The van der Waals surface area contributed by atoms with Crippen LogP contribution in [0, 0.1) is 13.8 Å². The molecule has 2 atom stereocenters. The van der Waals surface area contributed by atoms with E-state index in [-0.39, 0.29) is 29.8 Å². The largest absolute Gasteiger partial charge is 0.352 e. The number of anilines is 1. The first-order chi connectivity index (χ1) is 21.5. The minimum Gasteiger partial charge on any atom is -0.352 e. The summed E-state index contributed by atoms with van der Waals surface area (Å²) in [7, 11) is -4.16. The third kappa shape index (κ3) is 8.74. The van der Waals surface area contributed by atoms with Crippen molar-refractivity contribution >= 4 is 39.1 Å². The predicted molar refractivity (Wildman–Crippen MR) is 181 cm³/mol. The minimum atomic E-state index is -4.16. The summed E-state index contributed by atoms with van der Waals surface area (Å²) in [6.07, 6.45) is 0.951. The average molecular weight is 646 g/mol. The van der Waals surface area contributed by atoms with Crippen LogP contribution in [0.4, 0.5) is 5.69 Å². The Bertz CT molecular complexity index is 1720. The topological polar surface area (TPSA) is 86.8 Å². The van der Waals surface area contributed by atoms with E-state index in [1.165, 1.54) is 17.0 Å². The zero-order valence-corrected chi connectivity index (χ0v) is 27.7. The molecule has 0 radical (unpaired) electrons. The highest BCUT2D eigenvalue weighted by Gasteiger charge is 2.35. The Labute approximate surface area is 271 Å². The lowest BCUT2D eigenvalue weighted by Crippen LogP contribution is -2.54. The highest BCUT2D eigenvalue weighted by Crippen LogP contribution is 2.27. The van der Waals surface area contributed by atoms with Crippen LogP contribution in [0.2, 0.25) is 5.02 Å². The van der Waals surface area contributed by atoms with Gasteiger partial charge >= 0.3 is 0 Å². The SMILES string of the molecule is CC[C@@H](C)NC(=O)[C@@H](Cc1ccccc1)N(Cc1cccc(Cl)c1)C(=O)CN(c1ccc(C)c(C)c1)S(=O)(=O)c1ccccc1. The fourth-order valence-electron chi connectivity index (χ4n) is 4.96. The van der Waals surface area contributed by atoms with Crippen molar-refractivity contribution in [3.8, 4) is 0 Å². The number of amides is 2. The van der Waals surface area contributed by atoms with Crippen LogP contribution in [-0.2, 0) is 32.6 Å². The molecule has 4 rings (SSSR count). The van der Waals surface area contributed by atoms with E-state index in [9.17, 15) is 18.0 Å². The summed E-state index contributed by atoms with van der Waals surface area (Å²) in [5.41, 5.74) is 3.83. The fourth-order valence-corrected chi connectivity index (χ4v) is 6.60. The molecule has 1 N–H and O–H groups in total. The zero-order valence-electron chi connectivity index (χ0n) is 26.1. The molecular formula is C36H40ClN3O4S. The third-order valence-electron chi connectivity index (χ3n) is 7.90. The number of aryl methyl sites for hydroxylation is 2. The van der Waals surface area contributed by atoms with Gasteiger partial charge in [-0.15, -0.1) is 0 Å². The maximum atomic E-state index is 14.5. The van der Waals surface area contributed by atoms with E-state index >= 15 is 0 Å². The lowest BCUT2D eigenvalue weighted by Gasteiger charge is -2.34. The second-order valence-electron chi connectivity index (χ2n) is 11.3. The van der Waals surface area contributed by atoms with Gasteiger partial charge in [0.25, 0.3) is 10.0 Å². The summed E-state index contributed by atoms with van der Waals surface area (Å²) in [6.45, 7) is 7.27. The second kappa shape index (κ2) is 15.2. The lowest BCUT2D eigenvalue weighted by molar-refractivity contribution is -0.140. The normalized spacial score (nSPS) is 12.6. The number of nitrogens with one attached hydrogen (secondary N) is 1. The van der Waals surface area contributed by atoms with Crippen LogP contribution in [0.5, 0.6) is 0 Å². The molecule has 4 aromatic rings. The number of sulfonamides is 1. The Morgan fingerprint density at radius 1 is 0.822 bits per heavy atom. The molecule has 0 fully saturated rings. The molecule has 2 amide bonds. The molecule has 0 aliphatic carbocycles. The van der Waals surface area contributed by atoms with Crippen LogP contribution in [0.15, 0.2) is 108 Å². The van der Waals surface area contributed by atoms with Crippen LogP contribution in [0.3, 0.4) is 0 Å². The fraction of sp³-hybridized carbons (Fsp3) is 0.278. The van der Waals surface area contributed by atoms with Gasteiger partial charge in [-0.05, 0) is 85.8 Å². The van der Waals surface area contributed by atoms with Crippen molar-refractivity contribution in [1.29, 1.82) is 0 Å². The standard InChI is InChI=1S/C36H40ClN3O4S/c1-5-28(4)38-36(42)34(23-29-13-8-6-9-14-29)39(24-30-15-12-16-31(37)22-30)35(41)25-40(32-20-19-26(2)27(3)21-32)45(43,44)33-17-10-7-11-18-33/h6-22,28,34H,5,23-25H2,1-4H3,(H,38,42)/t28-,34-/m1/s1. The number of halogens is 1. The number of benzene rings is 4. The van der Waals surface area contributed by atoms with Crippen LogP contribution >= 0.6 is 11.6 Å². The maximum Gasteiger partial charge on any atom is 0.264 e. The summed E-state index contributed by atoms with van der Waals surface area (Å²) < 4.78 is 29.4. The Balaban J connectivity index is 1.82. The molecular weight excluding hydrogens is 606 g/mol. The van der Waals surface area contributed by atoms with E-state index < -0.39 is 28.5 Å². The summed E-state index contributed by atoms with van der Waals surface area (Å²) >= 11 is 6.32. The van der Waals surface area contributed by atoms with Gasteiger partial charge in [0.15, 0.2) is 0 Å². The number of carbonyl (C=O) groups excluding carboxylic acids is 2. The molecule has 0 saturated heterocycles. The summed E-state index contributed by atoms with van der Waals surface area (Å²) in [6, 6.07) is 28.9. The van der Waals surface area contributed by atoms with Crippen LogP contribution in [-0.4, -0.2) is 43.8 Å². The molecule has 45 heavy (non-hydrogen) atoms. The Morgan fingerprint density at radius 3 is 2.09 bits per heavy atom. The van der Waals surface area contributed by atoms with Crippen molar-refractivity contribution in [2.45, 2.75) is 64.1 Å². The summed E-state index contributed by atoms with van der Waals surface area (Å²) in [5.74, 6) is -0.833. The number of rotatable bonds is 13. The molecule has 9 heteroatoms. The van der Waals surface area contributed by atoms with Crippen molar-refractivity contribution in [2.75, 3.05) is 10.8 Å². The molecule has 0 spiro atoms. The molecule has 0 aliphatic heterocycles. The van der Waals surface area contributed by atoms with Gasteiger partial charge in [-0.2, -0.15) is 0 Å². The maximum absolute atomic E-state index is 14.5. The van der Waals surface area contributed by atoms with E-state index in [2.05, 4.69) is 5.32 Å². The van der Waals surface area contributed by atoms with Crippen LogP contribution < -0.4 is 9.62 Å². The molecule has 4 aromatic carbocycles. The first kappa shape index (κ1) is 33.7. The van der Waals surface area contributed by atoms with Gasteiger partial charge in [-0.1, -0.05) is 85.3 Å². The molecule has 0 bridgehead atoms. The second-order valence-corrected chi connectivity index (χ2v) is 13.6. The van der Waals surface area contributed by atoms with E-state index in [1.54, 1.807) is 48.5 Å². The lowest BCUT2D eigenvalue weighted by atomic mass is 10.0. The first-order valence-electron chi connectivity index (χ1n) is 15.0. The van der Waals surface area contributed by atoms with E-state index in [4.69, 9.17) is 11.6 Å². The summed E-state index contributed by atoms with van der Waals surface area (Å²) in [5, 5.41) is 3.54. The van der Waals surface area contributed by atoms with Crippen LogP contribution in [0.1, 0.15) is 42.5 Å². The number of hydrogen-bond acceptors (Lipinski definition) is 4. The van der Waals surface area contributed by atoms with Crippen molar-refractivity contribution in [3.05, 3.63) is 130 Å². The van der Waals surface area contributed by atoms with E-state index in [1.807, 2.05) is 70.2 Å². The van der Waals surface area contributed by atoms with Gasteiger partial charge in [-0.3, -0.25) is 13.9 Å². The molecule has 0 heterocycles. The molecule has 0 saturated carbocycles. The molecule has 0 aliphatic rings. The first-order valence-corrected chi connectivity index (χ1v) is 16.8. The third-order valence-corrected chi connectivity index (χ3v) is 9.93. The quantitative estimate of drug-likeness (QED) is 0.175. The minimum absolute atomic E-state index is 0.0525.